The zero-order valence-corrected chi connectivity index (χ0v) is 13.5. The largest absolute Gasteiger partial charge is 0.496 e. The summed E-state index contributed by atoms with van der Waals surface area (Å²) in [7, 11) is 1.72. The van der Waals surface area contributed by atoms with Crippen LogP contribution in [0.4, 0.5) is 0 Å². The minimum atomic E-state index is 0.481. The second-order valence-electron chi connectivity index (χ2n) is 5.43. The summed E-state index contributed by atoms with van der Waals surface area (Å²) in [5, 5.41) is 4.75. The van der Waals surface area contributed by atoms with Crippen molar-refractivity contribution in [1.82, 2.24) is 10.3 Å². The van der Waals surface area contributed by atoms with Gasteiger partial charge in [-0.3, -0.25) is 0 Å². The van der Waals surface area contributed by atoms with Crippen LogP contribution in [0.2, 0.25) is 0 Å². The van der Waals surface area contributed by atoms with E-state index in [-0.39, 0.29) is 0 Å². The number of methoxy groups -OCH3 is 1. The van der Waals surface area contributed by atoms with Gasteiger partial charge in [0, 0.05) is 10.9 Å². The quantitative estimate of drug-likeness (QED) is 0.899. The molecule has 0 amide bonds. The number of fused-ring (bicyclic) bond motifs is 1. The fraction of sp³-hybridized carbons (Fsp3) is 0.471. The van der Waals surface area contributed by atoms with E-state index in [0.29, 0.717) is 6.04 Å². The van der Waals surface area contributed by atoms with E-state index in [0.717, 1.165) is 29.3 Å². The summed E-state index contributed by atoms with van der Waals surface area (Å²) in [6.45, 7) is 3.29. The van der Waals surface area contributed by atoms with Gasteiger partial charge in [-0.05, 0) is 44.4 Å². The Morgan fingerprint density at radius 2 is 2.24 bits per heavy atom. The van der Waals surface area contributed by atoms with Gasteiger partial charge in [0.2, 0.25) is 0 Å². The Balaban J connectivity index is 1.94. The predicted molar refractivity (Wildman–Crippen MR) is 88.1 cm³/mol. The van der Waals surface area contributed by atoms with Gasteiger partial charge >= 0.3 is 0 Å². The highest BCUT2D eigenvalue weighted by molar-refractivity contribution is 7.15. The van der Waals surface area contributed by atoms with Crippen LogP contribution < -0.4 is 10.1 Å². The maximum Gasteiger partial charge on any atom is 0.129 e. The molecule has 1 N–H and O–H groups in total. The van der Waals surface area contributed by atoms with Crippen LogP contribution in [0.15, 0.2) is 24.3 Å². The number of aromatic nitrogens is 1. The number of hydrogen-bond acceptors (Lipinski definition) is 4. The molecule has 3 nitrogen and oxygen atoms in total. The monoisotopic (exact) mass is 302 g/mol. The number of para-hydroxylation sites is 1. The molecule has 0 saturated heterocycles. The first kappa shape index (κ1) is 14.5. The Morgan fingerprint density at radius 1 is 1.38 bits per heavy atom. The number of ether oxygens (including phenoxy) is 1. The standard InChI is InChI=1S/C17H22N2OS/c1-3-11-18-13-8-6-9-14-16(13)21-17(19-14)12-7-4-5-10-15(12)20-2/h4-5,7,10,13,18H,3,6,8-9,11H2,1-2H3. The predicted octanol–water partition coefficient (Wildman–Crippen LogP) is 4.20. The molecule has 1 atom stereocenters. The summed E-state index contributed by atoms with van der Waals surface area (Å²) in [5.74, 6) is 0.904. The average Bonchev–Trinajstić information content (AvgIpc) is 2.97. The van der Waals surface area contributed by atoms with Crippen LogP contribution in [0, 0.1) is 0 Å². The van der Waals surface area contributed by atoms with Crippen molar-refractivity contribution in [2.24, 2.45) is 0 Å². The molecule has 1 aliphatic rings. The second kappa shape index (κ2) is 6.58. The third-order valence-electron chi connectivity index (χ3n) is 3.93. The number of hydrogen-bond donors (Lipinski definition) is 1. The van der Waals surface area contributed by atoms with Crippen LogP contribution in [0.1, 0.15) is 42.8 Å². The molecule has 3 rings (SSSR count). The van der Waals surface area contributed by atoms with Crippen LogP contribution in [0.5, 0.6) is 5.75 Å². The number of benzene rings is 1. The number of nitrogens with one attached hydrogen (secondary N) is 1. The molecule has 0 fully saturated rings. The number of aryl methyl sites for hydroxylation is 1. The lowest BCUT2D eigenvalue weighted by Crippen LogP contribution is -2.24. The normalized spacial score (nSPS) is 17.5. The molecule has 21 heavy (non-hydrogen) atoms. The van der Waals surface area contributed by atoms with Gasteiger partial charge in [-0.1, -0.05) is 19.1 Å². The van der Waals surface area contributed by atoms with Gasteiger partial charge in [0.25, 0.3) is 0 Å². The van der Waals surface area contributed by atoms with Crippen LogP contribution in [-0.4, -0.2) is 18.6 Å². The second-order valence-corrected chi connectivity index (χ2v) is 6.46. The van der Waals surface area contributed by atoms with E-state index >= 15 is 0 Å². The maximum absolute atomic E-state index is 5.47. The van der Waals surface area contributed by atoms with Crippen molar-refractivity contribution < 1.29 is 4.74 Å². The third-order valence-corrected chi connectivity index (χ3v) is 5.17. The molecule has 2 aromatic rings. The lowest BCUT2D eigenvalue weighted by atomic mass is 9.98. The Labute approximate surface area is 130 Å². The van der Waals surface area contributed by atoms with E-state index < -0.39 is 0 Å². The first-order valence-electron chi connectivity index (χ1n) is 7.69. The van der Waals surface area contributed by atoms with E-state index in [1.165, 1.54) is 29.8 Å². The SMILES string of the molecule is CCCNC1CCCc2nc(-c3ccccc3OC)sc21. The van der Waals surface area contributed by atoms with E-state index in [9.17, 15) is 0 Å². The van der Waals surface area contributed by atoms with Gasteiger partial charge < -0.3 is 10.1 Å². The molecule has 1 aromatic carbocycles. The summed E-state index contributed by atoms with van der Waals surface area (Å²) in [6.07, 6.45) is 4.72. The lowest BCUT2D eigenvalue weighted by molar-refractivity contribution is 0.416. The van der Waals surface area contributed by atoms with E-state index in [4.69, 9.17) is 9.72 Å². The van der Waals surface area contributed by atoms with Crippen molar-refractivity contribution in [1.29, 1.82) is 0 Å². The van der Waals surface area contributed by atoms with E-state index in [1.807, 2.05) is 29.5 Å². The van der Waals surface area contributed by atoms with Gasteiger partial charge in [-0.2, -0.15) is 0 Å². The molecule has 0 spiro atoms. The number of thiazole rings is 1. The van der Waals surface area contributed by atoms with Gasteiger partial charge in [-0.15, -0.1) is 11.3 Å². The highest BCUT2D eigenvalue weighted by atomic mass is 32.1. The minimum Gasteiger partial charge on any atom is -0.496 e. The van der Waals surface area contributed by atoms with Crippen molar-refractivity contribution in [2.75, 3.05) is 13.7 Å². The average molecular weight is 302 g/mol. The summed E-state index contributed by atoms with van der Waals surface area (Å²) in [5.41, 5.74) is 2.38. The fourth-order valence-electron chi connectivity index (χ4n) is 2.87. The molecular formula is C17H22N2OS. The minimum absolute atomic E-state index is 0.481. The van der Waals surface area contributed by atoms with E-state index in [1.54, 1.807) is 7.11 Å². The fourth-order valence-corrected chi connectivity index (χ4v) is 4.12. The Hall–Kier alpha value is -1.39. The molecule has 1 unspecified atom stereocenters. The number of rotatable bonds is 5. The van der Waals surface area contributed by atoms with Crippen LogP contribution in [0.25, 0.3) is 10.6 Å². The Kier molecular flexibility index (Phi) is 4.56. The molecule has 112 valence electrons. The zero-order valence-electron chi connectivity index (χ0n) is 12.7. The third kappa shape index (κ3) is 2.97. The van der Waals surface area contributed by atoms with Crippen LogP contribution in [-0.2, 0) is 6.42 Å². The van der Waals surface area contributed by atoms with Crippen molar-refractivity contribution in [3.05, 3.63) is 34.8 Å². The zero-order chi connectivity index (χ0) is 14.7. The first-order valence-corrected chi connectivity index (χ1v) is 8.51. The highest BCUT2D eigenvalue weighted by Crippen LogP contribution is 2.40. The maximum atomic E-state index is 5.47. The van der Waals surface area contributed by atoms with Crippen molar-refractivity contribution in [3.8, 4) is 16.3 Å². The molecule has 1 aliphatic carbocycles. The molecule has 0 saturated carbocycles. The number of nitrogens with zero attached hydrogens (tertiary/aromatic N) is 1. The lowest BCUT2D eigenvalue weighted by Gasteiger charge is -2.22. The van der Waals surface area contributed by atoms with Crippen molar-refractivity contribution in [3.63, 3.8) is 0 Å². The first-order chi connectivity index (χ1) is 10.3. The van der Waals surface area contributed by atoms with Gasteiger partial charge in [-0.25, -0.2) is 4.98 Å². The molecule has 0 radical (unpaired) electrons. The summed E-state index contributed by atoms with van der Waals surface area (Å²) in [4.78, 5) is 6.31. The van der Waals surface area contributed by atoms with Crippen molar-refractivity contribution >= 4 is 11.3 Å². The molecule has 1 heterocycles. The van der Waals surface area contributed by atoms with Crippen LogP contribution in [0.3, 0.4) is 0 Å². The summed E-state index contributed by atoms with van der Waals surface area (Å²) < 4.78 is 5.47. The van der Waals surface area contributed by atoms with Gasteiger partial charge in [0.05, 0.1) is 18.4 Å². The Morgan fingerprint density at radius 3 is 3.05 bits per heavy atom. The summed E-state index contributed by atoms with van der Waals surface area (Å²) >= 11 is 1.82. The smallest absolute Gasteiger partial charge is 0.129 e. The molecular weight excluding hydrogens is 280 g/mol. The molecule has 1 aromatic heterocycles. The summed E-state index contributed by atoms with van der Waals surface area (Å²) in [6, 6.07) is 8.63. The van der Waals surface area contributed by atoms with E-state index in [2.05, 4.69) is 18.3 Å². The molecule has 0 bridgehead atoms. The van der Waals surface area contributed by atoms with Gasteiger partial charge in [0.1, 0.15) is 10.8 Å². The van der Waals surface area contributed by atoms with Gasteiger partial charge in [0.15, 0.2) is 0 Å². The highest BCUT2D eigenvalue weighted by Gasteiger charge is 2.25. The van der Waals surface area contributed by atoms with Crippen LogP contribution >= 0.6 is 11.3 Å². The Bertz CT molecular complexity index is 609. The topological polar surface area (TPSA) is 34.2 Å². The van der Waals surface area contributed by atoms with Crippen molar-refractivity contribution in [2.45, 2.75) is 38.6 Å². The molecule has 0 aliphatic heterocycles. The molecule has 4 heteroatoms.